The van der Waals surface area contributed by atoms with E-state index in [0.717, 1.165) is 12.7 Å². The van der Waals surface area contributed by atoms with Gasteiger partial charge in [0.2, 0.25) is 0 Å². The number of carbonyl (C=O) groups excluding carboxylic acids is 1. The Kier molecular flexibility index (Phi) is 4.51. The number of nitrogens with zero attached hydrogens (tertiary/aromatic N) is 2. The van der Waals surface area contributed by atoms with Crippen LogP contribution in [0.5, 0.6) is 6.01 Å². The fourth-order valence-electron chi connectivity index (χ4n) is 2.83. The molecular formula is C15H22N2O2. The van der Waals surface area contributed by atoms with Crippen molar-refractivity contribution in [2.24, 2.45) is 17.8 Å². The zero-order chi connectivity index (χ0) is 13.8. The molecule has 0 aromatic carbocycles. The zero-order valence-corrected chi connectivity index (χ0v) is 11.9. The van der Waals surface area contributed by atoms with Crippen LogP contribution in [0.15, 0.2) is 12.4 Å². The number of rotatable bonds is 4. The molecular weight excluding hydrogens is 240 g/mol. The maximum Gasteiger partial charge on any atom is 0.316 e. The first-order chi connectivity index (χ1) is 9.10. The number of aromatic nitrogens is 2. The summed E-state index contributed by atoms with van der Waals surface area (Å²) in [5, 5.41) is 0. The molecule has 1 aliphatic rings. The summed E-state index contributed by atoms with van der Waals surface area (Å²) in [4.78, 5) is 18.8. The van der Waals surface area contributed by atoms with Crippen LogP contribution in [0.4, 0.5) is 0 Å². The van der Waals surface area contributed by atoms with Crippen molar-refractivity contribution in [2.75, 3.05) is 0 Å². The molecule has 1 saturated carbocycles. The van der Waals surface area contributed by atoms with E-state index < -0.39 is 0 Å². The van der Waals surface area contributed by atoms with Crippen molar-refractivity contribution in [1.29, 1.82) is 0 Å². The Morgan fingerprint density at radius 1 is 1.32 bits per heavy atom. The summed E-state index contributed by atoms with van der Waals surface area (Å²) < 4.78 is 5.96. The molecule has 0 aliphatic heterocycles. The quantitative estimate of drug-likeness (QED) is 0.782. The molecule has 0 spiro atoms. The first kappa shape index (κ1) is 14.0. The van der Waals surface area contributed by atoms with E-state index in [1.807, 2.05) is 0 Å². The summed E-state index contributed by atoms with van der Waals surface area (Å²) in [5.74, 6) is 1.85. The summed E-state index contributed by atoms with van der Waals surface area (Å²) in [5.41, 5.74) is 0.477. The van der Waals surface area contributed by atoms with Gasteiger partial charge in [-0.25, -0.2) is 9.97 Å². The molecule has 3 unspecified atom stereocenters. The predicted octanol–water partition coefficient (Wildman–Crippen LogP) is 3.13. The van der Waals surface area contributed by atoms with E-state index in [2.05, 4.69) is 30.7 Å². The van der Waals surface area contributed by atoms with E-state index in [-0.39, 0.29) is 6.10 Å². The molecule has 0 radical (unpaired) electrons. The molecule has 0 saturated heterocycles. The van der Waals surface area contributed by atoms with Gasteiger partial charge in [0.1, 0.15) is 6.10 Å². The first-order valence-corrected chi connectivity index (χ1v) is 7.04. The molecule has 1 heterocycles. The Morgan fingerprint density at radius 3 is 2.58 bits per heavy atom. The molecule has 104 valence electrons. The maximum atomic E-state index is 10.6. The van der Waals surface area contributed by atoms with Crippen LogP contribution in [-0.2, 0) is 0 Å². The van der Waals surface area contributed by atoms with Crippen molar-refractivity contribution in [3.05, 3.63) is 18.0 Å². The number of hydrogen-bond acceptors (Lipinski definition) is 4. The van der Waals surface area contributed by atoms with Gasteiger partial charge >= 0.3 is 6.01 Å². The molecule has 2 rings (SSSR count). The molecule has 1 fully saturated rings. The third-order valence-electron chi connectivity index (χ3n) is 4.00. The molecule has 0 amide bonds. The topological polar surface area (TPSA) is 52.1 Å². The van der Waals surface area contributed by atoms with Crippen LogP contribution < -0.4 is 4.74 Å². The lowest BCUT2D eigenvalue weighted by Crippen LogP contribution is -2.36. The van der Waals surface area contributed by atoms with Gasteiger partial charge < -0.3 is 4.74 Å². The fourth-order valence-corrected chi connectivity index (χ4v) is 2.83. The molecule has 4 nitrogen and oxygen atoms in total. The molecule has 0 bridgehead atoms. The third-order valence-corrected chi connectivity index (χ3v) is 4.00. The van der Waals surface area contributed by atoms with Gasteiger partial charge in [-0.3, -0.25) is 4.79 Å². The van der Waals surface area contributed by atoms with Crippen molar-refractivity contribution in [2.45, 2.75) is 46.1 Å². The summed E-state index contributed by atoms with van der Waals surface area (Å²) in [6, 6.07) is 0.385. The number of aldehydes is 1. The minimum Gasteiger partial charge on any atom is -0.460 e. The second kappa shape index (κ2) is 6.13. The Balaban J connectivity index is 2.06. The fraction of sp³-hybridized carbons (Fsp3) is 0.667. The average Bonchev–Trinajstić information content (AvgIpc) is 2.39. The van der Waals surface area contributed by atoms with Crippen LogP contribution in [0, 0.1) is 17.8 Å². The number of hydrogen-bond donors (Lipinski definition) is 0. The summed E-state index contributed by atoms with van der Waals surface area (Å²) >= 11 is 0. The molecule has 0 N–H and O–H groups in total. The van der Waals surface area contributed by atoms with Gasteiger partial charge in [0.15, 0.2) is 6.29 Å². The van der Waals surface area contributed by atoms with E-state index in [4.69, 9.17) is 4.74 Å². The molecule has 4 heteroatoms. The minimum atomic E-state index is 0.186. The van der Waals surface area contributed by atoms with Gasteiger partial charge in [-0.05, 0) is 30.6 Å². The van der Waals surface area contributed by atoms with Crippen molar-refractivity contribution in [1.82, 2.24) is 9.97 Å². The second-order valence-corrected chi connectivity index (χ2v) is 5.90. The smallest absolute Gasteiger partial charge is 0.316 e. The van der Waals surface area contributed by atoms with E-state index in [9.17, 15) is 4.79 Å². The number of ether oxygens (including phenoxy) is 1. The van der Waals surface area contributed by atoms with Crippen molar-refractivity contribution in [3.63, 3.8) is 0 Å². The van der Waals surface area contributed by atoms with Crippen LogP contribution in [0.3, 0.4) is 0 Å². The molecule has 1 aliphatic carbocycles. The summed E-state index contributed by atoms with van der Waals surface area (Å²) in [6.45, 7) is 6.75. The normalized spacial score (nSPS) is 27.3. The van der Waals surface area contributed by atoms with E-state index in [1.165, 1.54) is 25.2 Å². The number of carbonyl (C=O) groups is 1. The molecule has 3 atom stereocenters. The monoisotopic (exact) mass is 262 g/mol. The predicted molar refractivity (Wildman–Crippen MR) is 73.2 cm³/mol. The Hall–Kier alpha value is -1.45. The van der Waals surface area contributed by atoms with Crippen molar-refractivity contribution < 1.29 is 9.53 Å². The average molecular weight is 262 g/mol. The molecule has 1 aromatic heterocycles. The van der Waals surface area contributed by atoms with E-state index in [1.54, 1.807) is 0 Å². The highest BCUT2D eigenvalue weighted by atomic mass is 16.5. The molecule has 1 aromatic rings. The Bertz CT molecular complexity index is 417. The highest BCUT2D eigenvalue weighted by Crippen LogP contribution is 2.35. The van der Waals surface area contributed by atoms with Crippen molar-refractivity contribution >= 4 is 6.29 Å². The minimum absolute atomic E-state index is 0.186. The highest BCUT2D eigenvalue weighted by molar-refractivity contribution is 5.73. The van der Waals surface area contributed by atoms with E-state index >= 15 is 0 Å². The maximum absolute atomic E-state index is 10.6. The highest BCUT2D eigenvalue weighted by Gasteiger charge is 2.32. The second-order valence-electron chi connectivity index (χ2n) is 5.90. The van der Waals surface area contributed by atoms with Gasteiger partial charge in [-0.1, -0.05) is 27.2 Å². The van der Waals surface area contributed by atoms with Gasteiger partial charge in [0.25, 0.3) is 0 Å². The summed E-state index contributed by atoms with van der Waals surface area (Å²) in [7, 11) is 0. The van der Waals surface area contributed by atoms with Gasteiger partial charge in [-0.2, -0.15) is 0 Å². The third kappa shape index (κ3) is 3.52. The first-order valence-electron chi connectivity index (χ1n) is 7.04. The van der Waals surface area contributed by atoms with Gasteiger partial charge in [-0.15, -0.1) is 0 Å². The van der Waals surface area contributed by atoms with E-state index in [0.29, 0.717) is 29.3 Å². The lowest BCUT2D eigenvalue weighted by molar-refractivity contribution is 0.0389. The summed E-state index contributed by atoms with van der Waals surface area (Å²) in [6.07, 6.45) is 7.47. The van der Waals surface area contributed by atoms with Crippen molar-refractivity contribution in [3.8, 4) is 6.01 Å². The van der Waals surface area contributed by atoms with Crippen LogP contribution in [0.2, 0.25) is 0 Å². The standard InChI is InChI=1S/C15H22N2O2/c1-10(2)13-5-4-11(3)6-14(13)19-15-16-7-12(9-18)8-17-15/h7-11,13-14H,4-6H2,1-3H3. The molecule has 19 heavy (non-hydrogen) atoms. The zero-order valence-electron chi connectivity index (χ0n) is 11.9. The van der Waals surface area contributed by atoms with Gasteiger partial charge in [0.05, 0.1) is 5.56 Å². The Morgan fingerprint density at radius 2 is 2.00 bits per heavy atom. The van der Waals surface area contributed by atoms with Crippen LogP contribution in [0.1, 0.15) is 50.4 Å². The largest absolute Gasteiger partial charge is 0.460 e. The Labute approximate surface area is 114 Å². The van der Waals surface area contributed by atoms with Crippen LogP contribution in [-0.4, -0.2) is 22.4 Å². The lowest BCUT2D eigenvalue weighted by Gasteiger charge is -2.36. The van der Waals surface area contributed by atoms with Gasteiger partial charge in [0, 0.05) is 12.4 Å². The lowest BCUT2D eigenvalue weighted by atomic mass is 9.75. The SMILES string of the molecule is CC1CCC(C(C)C)C(Oc2ncc(C=O)cn2)C1. The van der Waals surface area contributed by atoms with Crippen LogP contribution >= 0.6 is 0 Å². The van der Waals surface area contributed by atoms with Crippen LogP contribution in [0.25, 0.3) is 0 Å².